The van der Waals surface area contributed by atoms with Crippen molar-refractivity contribution in [3.8, 4) is 11.5 Å². The molecule has 2 aliphatic heterocycles. The Bertz CT molecular complexity index is 477. The first-order valence-corrected chi connectivity index (χ1v) is 6.98. The molecule has 104 valence electrons. The van der Waals surface area contributed by atoms with Crippen molar-refractivity contribution in [1.29, 1.82) is 0 Å². The Morgan fingerprint density at radius 2 is 2.32 bits per heavy atom. The summed E-state index contributed by atoms with van der Waals surface area (Å²) in [6.45, 7) is 4.23. The molecule has 1 aromatic rings. The van der Waals surface area contributed by atoms with Crippen molar-refractivity contribution in [2.75, 3.05) is 20.2 Å². The number of ether oxygens (including phenoxy) is 2. The zero-order valence-electron chi connectivity index (χ0n) is 11.6. The second kappa shape index (κ2) is 4.69. The van der Waals surface area contributed by atoms with Crippen LogP contribution in [0.25, 0.3) is 0 Å². The van der Waals surface area contributed by atoms with Gasteiger partial charge in [-0.3, -0.25) is 0 Å². The van der Waals surface area contributed by atoms with Gasteiger partial charge in [-0.2, -0.15) is 0 Å². The average Bonchev–Trinajstić information content (AvgIpc) is 2.41. The lowest BCUT2D eigenvalue weighted by Crippen LogP contribution is -2.55. The fraction of sp³-hybridized carbons (Fsp3) is 0.600. The fourth-order valence-corrected chi connectivity index (χ4v) is 3.29. The number of nitrogens with two attached hydrogens (primary N) is 1. The summed E-state index contributed by atoms with van der Waals surface area (Å²) in [5.74, 6) is 2.18. The Balaban J connectivity index is 1.97. The van der Waals surface area contributed by atoms with Crippen LogP contribution in [0.5, 0.6) is 11.5 Å². The van der Waals surface area contributed by atoms with Crippen molar-refractivity contribution in [3.05, 3.63) is 23.8 Å². The minimum absolute atomic E-state index is 0.0511. The molecule has 3 N–H and O–H groups in total. The van der Waals surface area contributed by atoms with Gasteiger partial charge in [-0.05, 0) is 19.0 Å². The van der Waals surface area contributed by atoms with Crippen LogP contribution in [-0.4, -0.2) is 25.8 Å². The maximum Gasteiger partial charge on any atom is 0.128 e. The summed E-state index contributed by atoms with van der Waals surface area (Å²) in [7, 11) is 1.67. The number of hydrogen-bond donors (Lipinski definition) is 2. The highest BCUT2D eigenvalue weighted by atomic mass is 16.5. The smallest absolute Gasteiger partial charge is 0.128 e. The molecule has 19 heavy (non-hydrogen) atoms. The zero-order chi connectivity index (χ0) is 13.5. The van der Waals surface area contributed by atoms with E-state index in [1.54, 1.807) is 7.11 Å². The second-order valence-electron chi connectivity index (χ2n) is 5.74. The first-order valence-electron chi connectivity index (χ1n) is 6.98. The Morgan fingerprint density at radius 3 is 3.05 bits per heavy atom. The van der Waals surface area contributed by atoms with E-state index in [0.717, 1.165) is 43.0 Å². The third-order valence-electron chi connectivity index (χ3n) is 4.57. The largest absolute Gasteiger partial charge is 0.497 e. The summed E-state index contributed by atoms with van der Waals surface area (Å²) in [5.41, 5.74) is 7.34. The molecule has 0 aliphatic carbocycles. The van der Waals surface area contributed by atoms with Crippen molar-refractivity contribution in [1.82, 2.24) is 5.32 Å². The maximum atomic E-state index is 6.39. The van der Waals surface area contributed by atoms with E-state index < -0.39 is 0 Å². The van der Waals surface area contributed by atoms with E-state index in [2.05, 4.69) is 12.2 Å². The van der Waals surface area contributed by atoms with Crippen molar-refractivity contribution in [2.24, 2.45) is 11.7 Å². The van der Waals surface area contributed by atoms with Crippen LogP contribution in [-0.2, 0) is 0 Å². The van der Waals surface area contributed by atoms with Crippen molar-refractivity contribution < 1.29 is 9.47 Å². The lowest BCUT2D eigenvalue weighted by molar-refractivity contribution is -0.0336. The Labute approximate surface area is 114 Å². The van der Waals surface area contributed by atoms with Gasteiger partial charge in [-0.25, -0.2) is 0 Å². The van der Waals surface area contributed by atoms with Crippen LogP contribution in [0.4, 0.5) is 0 Å². The summed E-state index contributed by atoms with van der Waals surface area (Å²) in [5, 5.41) is 3.42. The van der Waals surface area contributed by atoms with Gasteiger partial charge in [0.25, 0.3) is 0 Å². The predicted molar refractivity (Wildman–Crippen MR) is 74.5 cm³/mol. The maximum absolute atomic E-state index is 6.39. The van der Waals surface area contributed by atoms with Crippen LogP contribution in [0, 0.1) is 5.92 Å². The van der Waals surface area contributed by atoms with E-state index in [-0.39, 0.29) is 11.6 Å². The monoisotopic (exact) mass is 262 g/mol. The summed E-state index contributed by atoms with van der Waals surface area (Å²) in [6, 6.07) is 5.99. The second-order valence-corrected chi connectivity index (χ2v) is 5.74. The zero-order valence-corrected chi connectivity index (χ0v) is 11.6. The molecule has 1 saturated heterocycles. The Kier molecular flexibility index (Phi) is 3.15. The van der Waals surface area contributed by atoms with Crippen LogP contribution in [0.2, 0.25) is 0 Å². The van der Waals surface area contributed by atoms with Crippen LogP contribution < -0.4 is 20.5 Å². The molecule has 2 heterocycles. The molecular weight excluding hydrogens is 240 g/mol. The van der Waals surface area contributed by atoms with E-state index in [1.807, 2.05) is 18.2 Å². The van der Waals surface area contributed by atoms with Gasteiger partial charge in [0.2, 0.25) is 0 Å². The highest BCUT2D eigenvalue weighted by molar-refractivity contribution is 5.44. The molecule has 0 saturated carbocycles. The molecule has 0 amide bonds. The molecule has 2 unspecified atom stereocenters. The number of fused-ring (bicyclic) bond motifs is 1. The number of benzene rings is 1. The molecule has 3 rings (SSSR count). The molecule has 1 aromatic carbocycles. The highest BCUT2D eigenvalue weighted by Crippen LogP contribution is 2.45. The fourth-order valence-electron chi connectivity index (χ4n) is 3.29. The van der Waals surface area contributed by atoms with Crippen molar-refractivity contribution in [3.63, 3.8) is 0 Å². The molecule has 1 fully saturated rings. The van der Waals surface area contributed by atoms with Gasteiger partial charge in [-0.15, -0.1) is 0 Å². The topological polar surface area (TPSA) is 56.5 Å². The average molecular weight is 262 g/mol. The van der Waals surface area contributed by atoms with Crippen LogP contribution in [0.3, 0.4) is 0 Å². The summed E-state index contributed by atoms with van der Waals surface area (Å²) >= 11 is 0. The number of nitrogens with one attached hydrogen (secondary N) is 1. The van der Waals surface area contributed by atoms with Gasteiger partial charge in [0, 0.05) is 36.6 Å². The standard InChI is InChI=1S/C15H22N2O2/c1-10-9-17-6-5-15(10)8-13(16)12-4-3-11(18-2)7-14(12)19-15/h3-4,7,10,13,17H,5-6,8-9,16H2,1-2H3/t10?,13-,15?/m1/s1. The van der Waals surface area contributed by atoms with E-state index in [1.165, 1.54) is 0 Å². The first-order chi connectivity index (χ1) is 9.14. The number of methoxy groups -OCH3 is 1. The lowest BCUT2D eigenvalue weighted by Gasteiger charge is -2.47. The molecule has 0 bridgehead atoms. The SMILES string of the molecule is COc1ccc2c(c1)OC1(CCNCC1C)C[C@H]2N. The summed E-state index contributed by atoms with van der Waals surface area (Å²) in [6.07, 6.45) is 1.91. The van der Waals surface area contributed by atoms with E-state index >= 15 is 0 Å². The molecule has 3 atom stereocenters. The highest BCUT2D eigenvalue weighted by Gasteiger charge is 2.45. The van der Waals surface area contributed by atoms with Gasteiger partial charge in [-0.1, -0.05) is 13.0 Å². The molecular formula is C15H22N2O2. The normalized spacial score (nSPS) is 33.6. The minimum atomic E-state index is -0.121. The van der Waals surface area contributed by atoms with Crippen molar-refractivity contribution >= 4 is 0 Å². The molecule has 0 aromatic heterocycles. The quantitative estimate of drug-likeness (QED) is 0.811. The number of hydrogen-bond acceptors (Lipinski definition) is 4. The van der Waals surface area contributed by atoms with Gasteiger partial charge >= 0.3 is 0 Å². The first kappa shape index (κ1) is 12.8. The van der Waals surface area contributed by atoms with Gasteiger partial charge in [0.05, 0.1) is 7.11 Å². The minimum Gasteiger partial charge on any atom is -0.497 e. The van der Waals surface area contributed by atoms with Crippen LogP contribution >= 0.6 is 0 Å². The predicted octanol–water partition coefficient (Wildman–Crippen LogP) is 1.85. The Morgan fingerprint density at radius 1 is 1.47 bits per heavy atom. The Hall–Kier alpha value is -1.26. The van der Waals surface area contributed by atoms with E-state index in [0.29, 0.717) is 5.92 Å². The number of rotatable bonds is 1. The molecule has 4 heteroatoms. The molecule has 4 nitrogen and oxygen atoms in total. The summed E-state index contributed by atoms with van der Waals surface area (Å²) in [4.78, 5) is 0. The molecule has 0 radical (unpaired) electrons. The van der Waals surface area contributed by atoms with Crippen LogP contribution in [0.1, 0.15) is 31.4 Å². The van der Waals surface area contributed by atoms with Crippen LogP contribution in [0.15, 0.2) is 18.2 Å². The third-order valence-corrected chi connectivity index (χ3v) is 4.57. The number of piperidine rings is 1. The van der Waals surface area contributed by atoms with Gasteiger partial charge in [0.1, 0.15) is 17.1 Å². The lowest BCUT2D eigenvalue weighted by atomic mass is 9.75. The van der Waals surface area contributed by atoms with Crippen molar-refractivity contribution in [2.45, 2.75) is 31.4 Å². The summed E-state index contributed by atoms with van der Waals surface area (Å²) < 4.78 is 11.7. The van der Waals surface area contributed by atoms with E-state index in [9.17, 15) is 0 Å². The molecule has 2 aliphatic rings. The van der Waals surface area contributed by atoms with Gasteiger partial charge in [0.15, 0.2) is 0 Å². The van der Waals surface area contributed by atoms with Gasteiger partial charge < -0.3 is 20.5 Å². The molecule has 1 spiro atoms. The third kappa shape index (κ3) is 2.09. The van der Waals surface area contributed by atoms with E-state index in [4.69, 9.17) is 15.2 Å².